The molecule has 0 N–H and O–H groups in total. The maximum absolute atomic E-state index is 15.3. The van der Waals surface area contributed by atoms with Crippen LogP contribution in [-0.4, -0.2) is 8.80 Å². The highest BCUT2D eigenvalue weighted by atomic mass is 19.4. The SMILES string of the molecule is CC(C)(C)c1cc(-c2cccc3c4c5c6ccc(-c7cc(F)ccc7C(F)(F)F)cc6n6c7c(-c8cc(C(C)(C)C)cc(C(C)(C)C)c8)cccc7c(c7c8ccc(-c9cc(F)ccc9C(F)(F)F)cc8n(c23)c74)c56)cc(C(C)(C)C)c1. The summed E-state index contributed by atoms with van der Waals surface area (Å²) >= 11 is 0. The maximum Gasteiger partial charge on any atom is 0.417 e. The summed E-state index contributed by atoms with van der Waals surface area (Å²) in [5.41, 5.74) is 9.51. The van der Waals surface area contributed by atoms with E-state index in [0.717, 1.165) is 146 Å². The van der Waals surface area contributed by atoms with Crippen molar-refractivity contribution in [3.05, 3.63) is 191 Å². The minimum atomic E-state index is -4.79. The fourth-order valence-corrected chi connectivity index (χ4v) is 12.9. The molecule has 0 aliphatic heterocycles. The van der Waals surface area contributed by atoms with Gasteiger partial charge in [0, 0.05) is 54.2 Å². The van der Waals surface area contributed by atoms with Crippen LogP contribution in [0.25, 0.3) is 121 Å². The monoisotopic (exact) mass is 1100 g/mol. The van der Waals surface area contributed by atoms with E-state index in [1.165, 1.54) is 0 Å². The van der Waals surface area contributed by atoms with E-state index in [-0.39, 0.29) is 43.9 Å². The fraction of sp³-hybridized carbons (Fsp3) is 0.250. The highest BCUT2D eigenvalue weighted by Gasteiger charge is 2.37. The molecular weight excluding hydrogens is 1040 g/mol. The van der Waals surface area contributed by atoms with Crippen molar-refractivity contribution >= 4 is 76.2 Å². The van der Waals surface area contributed by atoms with Gasteiger partial charge < -0.3 is 8.80 Å². The van der Waals surface area contributed by atoms with Gasteiger partial charge in [0.25, 0.3) is 0 Å². The molecule has 0 aliphatic rings. The number of fused-ring (bicyclic) bond motifs is 14. The third kappa shape index (κ3) is 8.08. The Labute approximate surface area is 470 Å². The van der Waals surface area contributed by atoms with Crippen LogP contribution in [0.3, 0.4) is 0 Å². The highest BCUT2D eigenvalue weighted by Crippen LogP contribution is 2.55. The minimum absolute atomic E-state index is 0.186. The Morgan fingerprint density at radius 3 is 0.939 bits per heavy atom. The van der Waals surface area contributed by atoms with Gasteiger partial charge in [-0.05, 0) is 126 Å². The molecule has 0 fully saturated rings. The molecule has 13 rings (SSSR count). The Balaban J connectivity index is 1.28. The number of rotatable bonds is 4. The molecular formula is C72H60F8N2. The lowest BCUT2D eigenvalue weighted by molar-refractivity contribution is -0.137. The zero-order valence-electron chi connectivity index (χ0n) is 47.8. The van der Waals surface area contributed by atoms with Crippen LogP contribution in [0.5, 0.6) is 0 Å². The molecule has 0 saturated heterocycles. The average molecular weight is 1110 g/mol. The molecule has 4 heterocycles. The topological polar surface area (TPSA) is 8.82 Å². The number of hydrogen-bond acceptors (Lipinski definition) is 0. The summed E-state index contributed by atoms with van der Waals surface area (Å²) in [6.45, 7) is 26.2. The molecule has 0 atom stereocenters. The summed E-state index contributed by atoms with van der Waals surface area (Å²) in [5.74, 6) is -1.60. The van der Waals surface area contributed by atoms with Gasteiger partial charge in [0.2, 0.25) is 0 Å². The number of halogens is 8. The van der Waals surface area contributed by atoms with E-state index in [1.54, 1.807) is 24.3 Å². The molecule has 10 heteroatoms. The second kappa shape index (κ2) is 17.3. The Hall–Kier alpha value is -7.98. The number of para-hydroxylation sites is 2. The standard InChI is InChI=1S/C72H60F8N2/c1-67(2,3)41-27-39(28-42(33-41)68(4,5)6)47-15-13-17-51-61-59-50-24-20-38(54-36-46(74)22-26-56(54)72(78,79)80)32-58(50)82-64-48(40-29-43(69(7,8)9)34-44(30-40)70(10,11)12)16-14-18-52(64)62(66(59)82)60-49-23-19-37(31-57(49)81(63(47)51)65(60)61)53-35-45(73)21-25-55(53)71(75,76)77/h13-36H,1-12H3. The average Bonchev–Trinajstić information content (AvgIpc) is 1.52. The van der Waals surface area contributed by atoms with Gasteiger partial charge in [0.15, 0.2) is 0 Å². The predicted octanol–water partition coefficient (Wildman–Crippen LogP) is 22.2. The number of aromatic nitrogens is 2. The van der Waals surface area contributed by atoms with Crippen LogP contribution in [-0.2, 0) is 34.0 Å². The molecule has 0 radical (unpaired) electrons. The maximum atomic E-state index is 15.3. The van der Waals surface area contributed by atoms with Gasteiger partial charge in [0.1, 0.15) is 11.6 Å². The second-order valence-electron chi connectivity index (χ2n) is 26.7. The summed E-state index contributed by atoms with van der Waals surface area (Å²) in [6.07, 6.45) is -9.58. The van der Waals surface area contributed by atoms with Gasteiger partial charge in [-0.2, -0.15) is 26.3 Å². The van der Waals surface area contributed by atoms with E-state index in [9.17, 15) is 26.3 Å². The van der Waals surface area contributed by atoms with Gasteiger partial charge in [-0.3, -0.25) is 0 Å². The van der Waals surface area contributed by atoms with E-state index in [2.05, 4.69) is 153 Å². The lowest BCUT2D eigenvalue weighted by Gasteiger charge is -2.26. The Morgan fingerprint density at radius 2 is 0.622 bits per heavy atom. The van der Waals surface area contributed by atoms with Crippen LogP contribution in [0.4, 0.5) is 35.1 Å². The zero-order valence-corrected chi connectivity index (χ0v) is 47.8. The van der Waals surface area contributed by atoms with Crippen LogP contribution in [0.2, 0.25) is 0 Å². The smallest absolute Gasteiger partial charge is 0.307 e. The zero-order chi connectivity index (χ0) is 58.4. The van der Waals surface area contributed by atoms with E-state index in [0.29, 0.717) is 11.0 Å². The molecule has 2 nitrogen and oxygen atoms in total. The van der Waals surface area contributed by atoms with Crippen molar-refractivity contribution in [2.75, 3.05) is 0 Å². The second-order valence-corrected chi connectivity index (χ2v) is 26.7. The quantitative estimate of drug-likeness (QED) is 0.155. The van der Waals surface area contributed by atoms with E-state index in [1.807, 2.05) is 24.3 Å². The first-order valence-electron chi connectivity index (χ1n) is 27.8. The van der Waals surface area contributed by atoms with Crippen molar-refractivity contribution in [1.82, 2.24) is 8.80 Å². The molecule has 9 aromatic carbocycles. The van der Waals surface area contributed by atoms with Gasteiger partial charge >= 0.3 is 12.4 Å². The lowest BCUT2D eigenvalue weighted by Crippen LogP contribution is -2.16. The fourth-order valence-electron chi connectivity index (χ4n) is 12.9. The minimum Gasteiger partial charge on any atom is -0.307 e. The Kier molecular flexibility index (Phi) is 11.2. The predicted molar refractivity (Wildman–Crippen MR) is 322 cm³/mol. The lowest BCUT2D eigenvalue weighted by atomic mass is 9.78. The summed E-state index contributed by atoms with van der Waals surface area (Å²) in [7, 11) is 0. The normalized spacial score (nSPS) is 13.6. The first-order valence-corrected chi connectivity index (χ1v) is 27.8. The van der Waals surface area contributed by atoms with Crippen molar-refractivity contribution in [2.45, 2.75) is 117 Å². The number of benzene rings is 9. The van der Waals surface area contributed by atoms with Gasteiger partial charge in [0.05, 0.1) is 44.2 Å². The van der Waals surface area contributed by atoms with Gasteiger partial charge in [-0.15, -0.1) is 0 Å². The molecule has 0 amide bonds. The molecule has 0 unspecified atom stereocenters. The first kappa shape index (κ1) is 53.3. The van der Waals surface area contributed by atoms with Crippen LogP contribution in [0.15, 0.2) is 146 Å². The summed E-state index contributed by atoms with van der Waals surface area (Å²) in [6, 6.07) is 41.4. The van der Waals surface area contributed by atoms with Crippen LogP contribution >= 0.6 is 0 Å². The summed E-state index contributed by atoms with van der Waals surface area (Å²) in [4.78, 5) is 0. The van der Waals surface area contributed by atoms with Crippen molar-refractivity contribution in [3.63, 3.8) is 0 Å². The highest BCUT2D eigenvalue weighted by molar-refractivity contribution is 6.46. The molecule has 0 aliphatic carbocycles. The largest absolute Gasteiger partial charge is 0.417 e. The van der Waals surface area contributed by atoms with E-state index >= 15 is 8.78 Å². The number of nitrogens with zero attached hydrogens (tertiary/aromatic N) is 2. The van der Waals surface area contributed by atoms with Crippen molar-refractivity contribution in [1.29, 1.82) is 0 Å². The van der Waals surface area contributed by atoms with E-state index < -0.39 is 35.1 Å². The number of hydrogen-bond donors (Lipinski definition) is 0. The molecule has 4 aromatic heterocycles. The molecule has 13 aromatic rings. The van der Waals surface area contributed by atoms with Crippen LogP contribution in [0.1, 0.15) is 116 Å². The summed E-state index contributed by atoms with van der Waals surface area (Å²) < 4.78 is 125. The van der Waals surface area contributed by atoms with Crippen LogP contribution < -0.4 is 0 Å². The van der Waals surface area contributed by atoms with Gasteiger partial charge in [-0.1, -0.05) is 180 Å². The van der Waals surface area contributed by atoms with Gasteiger partial charge in [-0.25, -0.2) is 8.78 Å². The van der Waals surface area contributed by atoms with Crippen LogP contribution in [0, 0.1) is 11.6 Å². The molecule has 0 saturated carbocycles. The summed E-state index contributed by atoms with van der Waals surface area (Å²) in [5, 5.41) is 6.58. The third-order valence-corrected chi connectivity index (χ3v) is 17.1. The number of alkyl halides is 6. The van der Waals surface area contributed by atoms with Crippen molar-refractivity contribution < 1.29 is 35.1 Å². The molecule has 414 valence electrons. The van der Waals surface area contributed by atoms with Crippen molar-refractivity contribution in [2.24, 2.45) is 0 Å². The first-order chi connectivity index (χ1) is 38.3. The Bertz CT molecular complexity index is 4450. The van der Waals surface area contributed by atoms with E-state index in [4.69, 9.17) is 0 Å². The third-order valence-electron chi connectivity index (χ3n) is 17.1. The molecule has 0 bridgehead atoms. The Morgan fingerprint density at radius 1 is 0.293 bits per heavy atom. The van der Waals surface area contributed by atoms with Crippen molar-refractivity contribution in [3.8, 4) is 44.5 Å². The molecule has 82 heavy (non-hydrogen) atoms. The molecule has 0 spiro atoms.